The zero-order chi connectivity index (χ0) is 13.1. The average Bonchev–Trinajstić information content (AvgIpc) is 2.32. The molecule has 0 aliphatic carbocycles. The standard InChI is InChI=1S/C14H11BrFNO/c1-9-4-2-3-5-13(9)17-14(18)11-7-6-10(15)8-12(11)16/h2-8H,1H3,(H,17,18). The van der Waals surface area contributed by atoms with Crippen molar-refractivity contribution in [2.24, 2.45) is 0 Å². The minimum atomic E-state index is -0.546. The Kier molecular flexibility index (Phi) is 3.77. The van der Waals surface area contributed by atoms with E-state index in [0.717, 1.165) is 5.56 Å². The number of para-hydroxylation sites is 1. The smallest absolute Gasteiger partial charge is 0.258 e. The second kappa shape index (κ2) is 5.31. The van der Waals surface area contributed by atoms with Crippen LogP contribution >= 0.6 is 15.9 Å². The first-order valence-electron chi connectivity index (χ1n) is 5.40. The zero-order valence-corrected chi connectivity index (χ0v) is 11.3. The lowest BCUT2D eigenvalue weighted by atomic mass is 10.1. The fourth-order valence-corrected chi connectivity index (χ4v) is 1.91. The van der Waals surface area contributed by atoms with E-state index in [4.69, 9.17) is 0 Å². The van der Waals surface area contributed by atoms with Crippen LogP contribution in [-0.2, 0) is 0 Å². The number of aryl methyl sites for hydroxylation is 1. The van der Waals surface area contributed by atoms with Crippen molar-refractivity contribution in [2.45, 2.75) is 6.92 Å². The van der Waals surface area contributed by atoms with Gasteiger partial charge in [0.2, 0.25) is 0 Å². The Labute approximate surface area is 113 Å². The summed E-state index contributed by atoms with van der Waals surface area (Å²) in [7, 11) is 0. The third-order valence-electron chi connectivity index (χ3n) is 2.57. The number of halogens is 2. The lowest BCUT2D eigenvalue weighted by Crippen LogP contribution is -2.14. The summed E-state index contributed by atoms with van der Waals surface area (Å²) in [5.41, 5.74) is 1.65. The zero-order valence-electron chi connectivity index (χ0n) is 9.71. The quantitative estimate of drug-likeness (QED) is 0.887. The van der Waals surface area contributed by atoms with Gasteiger partial charge in [-0.05, 0) is 36.8 Å². The Balaban J connectivity index is 2.25. The van der Waals surface area contributed by atoms with E-state index >= 15 is 0 Å². The molecule has 4 heteroatoms. The van der Waals surface area contributed by atoms with Gasteiger partial charge in [-0.1, -0.05) is 34.1 Å². The van der Waals surface area contributed by atoms with Crippen molar-refractivity contribution in [3.63, 3.8) is 0 Å². The van der Waals surface area contributed by atoms with Crippen molar-refractivity contribution < 1.29 is 9.18 Å². The van der Waals surface area contributed by atoms with E-state index in [-0.39, 0.29) is 5.56 Å². The number of benzene rings is 2. The molecule has 0 radical (unpaired) electrons. The van der Waals surface area contributed by atoms with Gasteiger partial charge in [-0.25, -0.2) is 4.39 Å². The Bertz CT molecular complexity index is 598. The molecular weight excluding hydrogens is 297 g/mol. The van der Waals surface area contributed by atoms with Crippen molar-refractivity contribution in [2.75, 3.05) is 5.32 Å². The molecule has 0 aliphatic rings. The maximum absolute atomic E-state index is 13.6. The molecule has 0 aromatic heterocycles. The van der Waals surface area contributed by atoms with Gasteiger partial charge in [-0.15, -0.1) is 0 Å². The van der Waals surface area contributed by atoms with Gasteiger partial charge < -0.3 is 5.32 Å². The molecule has 2 aromatic rings. The molecule has 0 bridgehead atoms. The molecule has 2 nitrogen and oxygen atoms in total. The molecular formula is C14H11BrFNO. The molecule has 1 N–H and O–H groups in total. The first-order valence-corrected chi connectivity index (χ1v) is 6.19. The second-order valence-electron chi connectivity index (χ2n) is 3.89. The number of rotatable bonds is 2. The molecule has 0 spiro atoms. The molecule has 0 aliphatic heterocycles. The van der Waals surface area contributed by atoms with Crippen LogP contribution in [0.3, 0.4) is 0 Å². The van der Waals surface area contributed by atoms with E-state index in [2.05, 4.69) is 21.2 Å². The number of carbonyl (C=O) groups is 1. The monoisotopic (exact) mass is 307 g/mol. The fraction of sp³-hybridized carbons (Fsp3) is 0.0714. The Morgan fingerprint density at radius 3 is 2.61 bits per heavy atom. The number of carbonyl (C=O) groups excluding carboxylic acids is 1. The lowest BCUT2D eigenvalue weighted by molar-refractivity contribution is 0.102. The molecule has 0 heterocycles. The van der Waals surface area contributed by atoms with E-state index in [1.54, 1.807) is 12.1 Å². The van der Waals surface area contributed by atoms with Crippen molar-refractivity contribution in [1.82, 2.24) is 0 Å². The van der Waals surface area contributed by atoms with Crippen LogP contribution in [0.4, 0.5) is 10.1 Å². The Morgan fingerprint density at radius 2 is 1.94 bits per heavy atom. The molecule has 0 unspecified atom stereocenters. The first kappa shape index (κ1) is 12.8. The minimum Gasteiger partial charge on any atom is -0.322 e. The SMILES string of the molecule is Cc1ccccc1NC(=O)c1ccc(Br)cc1F. The summed E-state index contributed by atoms with van der Waals surface area (Å²) >= 11 is 3.15. The predicted molar refractivity (Wildman–Crippen MR) is 73.2 cm³/mol. The Morgan fingerprint density at radius 1 is 1.22 bits per heavy atom. The lowest BCUT2D eigenvalue weighted by Gasteiger charge is -2.08. The number of anilines is 1. The van der Waals surface area contributed by atoms with Crippen LogP contribution in [0.1, 0.15) is 15.9 Å². The molecule has 0 fully saturated rings. The molecule has 0 atom stereocenters. The molecule has 1 amide bonds. The van der Waals surface area contributed by atoms with Gasteiger partial charge in [0, 0.05) is 10.2 Å². The number of amides is 1. The molecule has 2 aromatic carbocycles. The van der Waals surface area contributed by atoms with E-state index in [1.165, 1.54) is 12.1 Å². The van der Waals surface area contributed by atoms with Crippen LogP contribution in [0.15, 0.2) is 46.9 Å². The Hall–Kier alpha value is -1.68. The van der Waals surface area contributed by atoms with Gasteiger partial charge in [0.05, 0.1) is 5.56 Å². The summed E-state index contributed by atoms with van der Waals surface area (Å²) in [6.45, 7) is 1.88. The predicted octanol–water partition coefficient (Wildman–Crippen LogP) is 4.15. The van der Waals surface area contributed by atoms with Crippen LogP contribution in [0.25, 0.3) is 0 Å². The van der Waals surface area contributed by atoms with E-state index in [0.29, 0.717) is 10.2 Å². The van der Waals surface area contributed by atoms with E-state index < -0.39 is 11.7 Å². The van der Waals surface area contributed by atoms with Crippen LogP contribution < -0.4 is 5.32 Å². The van der Waals surface area contributed by atoms with Crippen LogP contribution in [0, 0.1) is 12.7 Å². The third-order valence-corrected chi connectivity index (χ3v) is 3.06. The van der Waals surface area contributed by atoms with Gasteiger partial charge in [-0.3, -0.25) is 4.79 Å². The second-order valence-corrected chi connectivity index (χ2v) is 4.81. The maximum Gasteiger partial charge on any atom is 0.258 e. The molecule has 18 heavy (non-hydrogen) atoms. The third kappa shape index (κ3) is 2.76. The molecule has 0 saturated carbocycles. The molecule has 0 saturated heterocycles. The van der Waals surface area contributed by atoms with Gasteiger partial charge in [-0.2, -0.15) is 0 Å². The summed E-state index contributed by atoms with van der Waals surface area (Å²) in [5, 5.41) is 2.69. The largest absolute Gasteiger partial charge is 0.322 e. The average molecular weight is 308 g/mol. The summed E-state index contributed by atoms with van der Waals surface area (Å²) < 4.78 is 14.2. The molecule has 92 valence electrons. The van der Waals surface area contributed by atoms with Crippen molar-refractivity contribution >= 4 is 27.5 Å². The number of hydrogen-bond acceptors (Lipinski definition) is 1. The molecule has 2 rings (SSSR count). The first-order chi connectivity index (χ1) is 8.58. The minimum absolute atomic E-state index is 0.0291. The number of hydrogen-bond donors (Lipinski definition) is 1. The highest BCUT2D eigenvalue weighted by Crippen LogP contribution is 2.18. The topological polar surface area (TPSA) is 29.1 Å². The van der Waals surface area contributed by atoms with Gasteiger partial charge in [0.15, 0.2) is 0 Å². The highest BCUT2D eigenvalue weighted by Gasteiger charge is 2.12. The summed E-state index contributed by atoms with van der Waals surface area (Å²) in [5.74, 6) is -0.996. The summed E-state index contributed by atoms with van der Waals surface area (Å²) in [6, 6.07) is 11.7. The van der Waals surface area contributed by atoms with Gasteiger partial charge in [0.25, 0.3) is 5.91 Å². The van der Waals surface area contributed by atoms with Crippen molar-refractivity contribution in [3.8, 4) is 0 Å². The van der Waals surface area contributed by atoms with Gasteiger partial charge in [0.1, 0.15) is 5.82 Å². The highest BCUT2D eigenvalue weighted by molar-refractivity contribution is 9.10. The van der Waals surface area contributed by atoms with Crippen LogP contribution in [0.5, 0.6) is 0 Å². The van der Waals surface area contributed by atoms with Crippen LogP contribution in [0.2, 0.25) is 0 Å². The fourth-order valence-electron chi connectivity index (χ4n) is 1.58. The number of nitrogens with one attached hydrogen (secondary N) is 1. The van der Waals surface area contributed by atoms with E-state index in [9.17, 15) is 9.18 Å². The normalized spacial score (nSPS) is 10.2. The highest BCUT2D eigenvalue weighted by atomic mass is 79.9. The van der Waals surface area contributed by atoms with Crippen LogP contribution in [-0.4, -0.2) is 5.91 Å². The van der Waals surface area contributed by atoms with Crippen molar-refractivity contribution in [3.05, 3.63) is 63.9 Å². The maximum atomic E-state index is 13.6. The summed E-state index contributed by atoms with van der Waals surface area (Å²) in [6.07, 6.45) is 0. The van der Waals surface area contributed by atoms with Gasteiger partial charge >= 0.3 is 0 Å². The summed E-state index contributed by atoms with van der Waals surface area (Å²) in [4.78, 5) is 11.9. The van der Waals surface area contributed by atoms with Crippen molar-refractivity contribution in [1.29, 1.82) is 0 Å². The van der Waals surface area contributed by atoms with E-state index in [1.807, 2.05) is 25.1 Å².